The third-order valence-corrected chi connectivity index (χ3v) is 2.96. The SMILES string of the molecule is CC(NC(=O)NCCC(=O)O)C1CCOCC1. The zero-order valence-electron chi connectivity index (χ0n) is 10.1. The van der Waals surface area contributed by atoms with Crippen LogP contribution in [0.25, 0.3) is 0 Å². The number of ether oxygens (including phenoxy) is 1. The van der Waals surface area contributed by atoms with Crippen LogP contribution in [-0.2, 0) is 9.53 Å². The van der Waals surface area contributed by atoms with Gasteiger partial charge in [-0.3, -0.25) is 4.79 Å². The molecule has 1 saturated heterocycles. The second-order valence-electron chi connectivity index (χ2n) is 4.28. The van der Waals surface area contributed by atoms with Gasteiger partial charge in [-0.2, -0.15) is 0 Å². The van der Waals surface area contributed by atoms with Gasteiger partial charge in [-0.1, -0.05) is 0 Å². The molecule has 1 atom stereocenters. The number of nitrogens with one attached hydrogen (secondary N) is 2. The van der Waals surface area contributed by atoms with Gasteiger partial charge in [0.2, 0.25) is 0 Å². The van der Waals surface area contributed by atoms with E-state index in [9.17, 15) is 9.59 Å². The zero-order valence-corrected chi connectivity index (χ0v) is 10.1. The molecule has 0 aromatic heterocycles. The molecule has 1 fully saturated rings. The van der Waals surface area contributed by atoms with Crippen LogP contribution in [0.1, 0.15) is 26.2 Å². The number of carboxylic acid groups (broad SMARTS) is 1. The monoisotopic (exact) mass is 244 g/mol. The van der Waals surface area contributed by atoms with Crippen molar-refractivity contribution in [3.63, 3.8) is 0 Å². The van der Waals surface area contributed by atoms with Gasteiger partial charge >= 0.3 is 12.0 Å². The minimum absolute atomic E-state index is 0.0565. The lowest BCUT2D eigenvalue weighted by Gasteiger charge is -2.28. The van der Waals surface area contributed by atoms with E-state index in [4.69, 9.17) is 9.84 Å². The van der Waals surface area contributed by atoms with Crippen molar-refractivity contribution in [2.75, 3.05) is 19.8 Å². The maximum atomic E-state index is 11.4. The quantitative estimate of drug-likeness (QED) is 0.660. The molecule has 0 radical (unpaired) electrons. The molecule has 1 heterocycles. The normalized spacial score (nSPS) is 18.4. The highest BCUT2D eigenvalue weighted by Gasteiger charge is 2.21. The smallest absolute Gasteiger partial charge is 0.315 e. The van der Waals surface area contributed by atoms with Gasteiger partial charge in [0.15, 0.2) is 0 Å². The second kappa shape index (κ2) is 7.11. The van der Waals surface area contributed by atoms with E-state index in [0.717, 1.165) is 26.1 Å². The highest BCUT2D eigenvalue weighted by atomic mass is 16.5. The van der Waals surface area contributed by atoms with Gasteiger partial charge in [0, 0.05) is 25.8 Å². The average molecular weight is 244 g/mol. The Morgan fingerprint density at radius 1 is 1.41 bits per heavy atom. The van der Waals surface area contributed by atoms with Crippen molar-refractivity contribution >= 4 is 12.0 Å². The lowest BCUT2D eigenvalue weighted by molar-refractivity contribution is -0.136. The van der Waals surface area contributed by atoms with Crippen LogP contribution in [0, 0.1) is 5.92 Å². The maximum absolute atomic E-state index is 11.4. The largest absolute Gasteiger partial charge is 0.481 e. The van der Waals surface area contributed by atoms with Crippen molar-refractivity contribution in [3.05, 3.63) is 0 Å². The van der Waals surface area contributed by atoms with Crippen LogP contribution in [0.15, 0.2) is 0 Å². The molecular formula is C11H20N2O4. The Balaban J connectivity index is 2.18. The third-order valence-electron chi connectivity index (χ3n) is 2.96. The van der Waals surface area contributed by atoms with Crippen molar-refractivity contribution in [3.8, 4) is 0 Å². The van der Waals surface area contributed by atoms with Gasteiger partial charge < -0.3 is 20.5 Å². The number of urea groups is 1. The number of carbonyl (C=O) groups excluding carboxylic acids is 1. The number of amides is 2. The van der Waals surface area contributed by atoms with E-state index in [2.05, 4.69) is 10.6 Å². The molecule has 6 nitrogen and oxygen atoms in total. The molecule has 0 aliphatic carbocycles. The minimum Gasteiger partial charge on any atom is -0.481 e. The Kier molecular flexibility index (Phi) is 5.76. The van der Waals surface area contributed by atoms with Gasteiger partial charge in [-0.15, -0.1) is 0 Å². The lowest BCUT2D eigenvalue weighted by Crippen LogP contribution is -2.45. The Morgan fingerprint density at radius 2 is 2.06 bits per heavy atom. The van der Waals surface area contributed by atoms with Crippen molar-refractivity contribution in [2.45, 2.75) is 32.2 Å². The number of hydrogen-bond donors (Lipinski definition) is 3. The third kappa shape index (κ3) is 5.53. The fourth-order valence-electron chi connectivity index (χ4n) is 1.87. The molecule has 3 N–H and O–H groups in total. The molecule has 1 unspecified atom stereocenters. The fraction of sp³-hybridized carbons (Fsp3) is 0.818. The summed E-state index contributed by atoms with van der Waals surface area (Å²) in [4.78, 5) is 21.7. The number of carboxylic acids is 1. The molecule has 1 aliphatic rings. The molecule has 0 saturated carbocycles. The Morgan fingerprint density at radius 3 is 2.65 bits per heavy atom. The van der Waals surface area contributed by atoms with Crippen LogP contribution in [-0.4, -0.2) is 42.9 Å². The topological polar surface area (TPSA) is 87.7 Å². The van der Waals surface area contributed by atoms with Crippen LogP contribution in [0.4, 0.5) is 4.79 Å². The molecule has 0 spiro atoms. The van der Waals surface area contributed by atoms with Gasteiger partial charge in [0.25, 0.3) is 0 Å². The second-order valence-corrected chi connectivity index (χ2v) is 4.28. The van der Waals surface area contributed by atoms with Gasteiger partial charge in [0.05, 0.1) is 6.42 Å². The molecule has 0 bridgehead atoms. The standard InChI is InChI=1S/C11H20N2O4/c1-8(9-3-6-17-7-4-9)13-11(16)12-5-2-10(14)15/h8-9H,2-7H2,1H3,(H,14,15)(H2,12,13,16). The first kappa shape index (κ1) is 13.8. The number of hydrogen-bond acceptors (Lipinski definition) is 3. The van der Waals surface area contributed by atoms with E-state index < -0.39 is 5.97 Å². The zero-order chi connectivity index (χ0) is 12.7. The van der Waals surface area contributed by atoms with E-state index >= 15 is 0 Å². The Bertz CT molecular complexity index is 264. The van der Waals surface area contributed by atoms with Crippen LogP contribution in [0.5, 0.6) is 0 Å². The fourth-order valence-corrected chi connectivity index (χ4v) is 1.87. The van der Waals surface area contributed by atoms with E-state index in [0.29, 0.717) is 5.92 Å². The molecule has 0 aromatic carbocycles. The summed E-state index contributed by atoms with van der Waals surface area (Å²) < 4.78 is 5.25. The summed E-state index contributed by atoms with van der Waals surface area (Å²) in [5.74, 6) is -0.475. The lowest BCUT2D eigenvalue weighted by atomic mass is 9.93. The van der Waals surface area contributed by atoms with Crippen LogP contribution in [0.3, 0.4) is 0 Å². The van der Waals surface area contributed by atoms with E-state index in [1.165, 1.54) is 0 Å². The molecule has 0 aromatic rings. The Hall–Kier alpha value is -1.30. The van der Waals surface area contributed by atoms with Crippen LogP contribution >= 0.6 is 0 Å². The summed E-state index contributed by atoms with van der Waals surface area (Å²) in [6.07, 6.45) is 1.85. The van der Waals surface area contributed by atoms with Crippen LogP contribution < -0.4 is 10.6 Å². The highest BCUT2D eigenvalue weighted by molar-refractivity contribution is 5.75. The summed E-state index contributed by atoms with van der Waals surface area (Å²) in [6, 6.07) is -0.214. The molecule has 17 heavy (non-hydrogen) atoms. The van der Waals surface area contributed by atoms with Gasteiger partial charge in [-0.25, -0.2) is 4.79 Å². The first-order valence-electron chi connectivity index (χ1n) is 5.93. The summed E-state index contributed by atoms with van der Waals surface area (Å²) >= 11 is 0. The summed E-state index contributed by atoms with van der Waals surface area (Å²) in [7, 11) is 0. The summed E-state index contributed by atoms with van der Waals surface area (Å²) in [5.41, 5.74) is 0. The highest BCUT2D eigenvalue weighted by Crippen LogP contribution is 2.18. The molecule has 98 valence electrons. The molecule has 1 aliphatic heterocycles. The predicted octanol–water partition coefficient (Wildman–Crippen LogP) is 0.575. The van der Waals surface area contributed by atoms with Crippen molar-refractivity contribution in [1.29, 1.82) is 0 Å². The molecular weight excluding hydrogens is 224 g/mol. The first-order chi connectivity index (χ1) is 8.09. The van der Waals surface area contributed by atoms with E-state index in [-0.39, 0.29) is 25.0 Å². The van der Waals surface area contributed by atoms with Gasteiger partial charge in [-0.05, 0) is 25.7 Å². The maximum Gasteiger partial charge on any atom is 0.315 e. The number of rotatable bonds is 5. The van der Waals surface area contributed by atoms with Crippen molar-refractivity contribution < 1.29 is 19.4 Å². The summed E-state index contributed by atoms with van der Waals surface area (Å²) in [6.45, 7) is 3.61. The predicted molar refractivity (Wildman–Crippen MR) is 61.8 cm³/mol. The van der Waals surface area contributed by atoms with E-state index in [1.807, 2.05) is 6.92 Å². The van der Waals surface area contributed by atoms with E-state index in [1.54, 1.807) is 0 Å². The summed E-state index contributed by atoms with van der Waals surface area (Å²) in [5, 5.41) is 13.8. The average Bonchev–Trinajstić information content (AvgIpc) is 2.29. The molecule has 2 amide bonds. The number of aliphatic carboxylic acids is 1. The minimum atomic E-state index is -0.914. The van der Waals surface area contributed by atoms with Crippen LogP contribution in [0.2, 0.25) is 0 Å². The van der Waals surface area contributed by atoms with Crippen molar-refractivity contribution in [2.24, 2.45) is 5.92 Å². The molecule has 6 heteroatoms. The van der Waals surface area contributed by atoms with Gasteiger partial charge in [0.1, 0.15) is 0 Å². The Labute approximate surface area is 101 Å². The number of carbonyl (C=O) groups is 2. The molecule has 1 rings (SSSR count). The van der Waals surface area contributed by atoms with Crippen molar-refractivity contribution in [1.82, 2.24) is 10.6 Å². The first-order valence-corrected chi connectivity index (χ1v) is 5.93.